The molecule has 28 heavy (non-hydrogen) atoms. The molecule has 2 amide bonds. The van der Waals surface area contributed by atoms with E-state index in [1.165, 1.54) is 6.07 Å². The van der Waals surface area contributed by atoms with Crippen molar-refractivity contribution in [3.05, 3.63) is 54.1 Å². The van der Waals surface area contributed by atoms with Crippen molar-refractivity contribution in [2.24, 2.45) is 5.92 Å². The van der Waals surface area contributed by atoms with Gasteiger partial charge in [0, 0.05) is 24.5 Å². The first-order chi connectivity index (χ1) is 13.4. The zero-order valence-electron chi connectivity index (χ0n) is 15.7. The van der Waals surface area contributed by atoms with E-state index in [9.17, 15) is 18.4 Å². The number of rotatable bonds is 5. The largest absolute Gasteiger partial charge is 0.372 e. The topological polar surface area (TPSA) is 61.4 Å². The number of piperidine rings is 1. The normalized spacial score (nSPS) is 14.6. The van der Waals surface area contributed by atoms with Crippen molar-refractivity contribution in [2.45, 2.75) is 26.2 Å². The highest BCUT2D eigenvalue weighted by molar-refractivity contribution is 6.08. The third-order valence-electron chi connectivity index (χ3n) is 4.85. The van der Waals surface area contributed by atoms with Crippen LogP contribution in [0.15, 0.2) is 42.5 Å². The fraction of sp³-hybridized carbons (Fsp3) is 0.333. The van der Waals surface area contributed by atoms with E-state index in [1.54, 1.807) is 12.1 Å². The summed E-state index contributed by atoms with van der Waals surface area (Å²) in [5.41, 5.74) is 1.10. The summed E-state index contributed by atoms with van der Waals surface area (Å²) in [5.74, 6) is -2.39. The van der Waals surface area contributed by atoms with Crippen molar-refractivity contribution in [3.8, 4) is 0 Å². The number of hydrogen-bond acceptors (Lipinski definition) is 3. The maximum atomic E-state index is 13.5. The van der Waals surface area contributed by atoms with Gasteiger partial charge in [0.05, 0.1) is 0 Å². The van der Waals surface area contributed by atoms with Crippen LogP contribution in [0.3, 0.4) is 0 Å². The van der Waals surface area contributed by atoms with E-state index in [0.717, 1.165) is 49.7 Å². The molecule has 7 heteroatoms. The summed E-state index contributed by atoms with van der Waals surface area (Å²) in [6.45, 7) is 4.28. The maximum absolute atomic E-state index is 13.5. The van der Waals surface area contributed by atoms with Crippen molar-refractivity contribution in [1.29, 1.82) is 0 Å². The van der Waals surface area contributed by atoms with Gasteiger partial charge in [0.2, 0.25) is 11.8 Å². The highest BCUT2D eigenvalue weighted by Gasteiger charge is 2.17. The number of halogens is 2. The minimum atomic E-state index is -0.892. The molecule has 3 rings (SSSR count). The molecule has 2 aromatic carbocycles. The molecule has 0 unspecified atom stereocenters. The summed E-state index contributed by atoms with van der Waals surface area (Å²) >= 11 is 0. The van der Waals surface area contributed by atoms with Crippen LogP contribution in [-0.2, 0) is 9.59 Å². The zero-order valence-corrected chi connectivity index (χ0v) is 15.7. The van der Waals surface area contributed by atoms with Crippen LogP contribution in [0, 0.1) is 17.6 Å². The number of nitrogens with zero attached hydrogens (tertiary/aromatic N) is 1. The van der Waals surface area contributed by atoms with Crippen LogP contribution < -0.4 is 15.5 Å². The molecule has 0 saturated carbocycles. The lowest BCUT2D eigenvalue weighted by atomic mass is 9.99. The van der Waals surface area contributed by atoms with Gasteiger partial charge in [0.15, 0.2) is 0 Å². The van der Waals surface area contributed by atoms with Crippen molar-refractivity contribution in [3.63, 3.8) is 0 Å². The molecule has 0 bridgehead atoms. The number of hydrogen-bond donors (Lipinski definition) is 2. The Balaban J connectivity index is 1.52. The van der Waals surface area contributed by atoms with E-state index >= 15 is 0 Å². The zero-order chi connectivity index (χ0) is 20.1. The first-order valence-corrected chi connectivity index (χ1v) is 9.31. The molecule has 1 aliphatic heterocycles. The fourth-order valence-electron chi connectivity index (χ4n) is 3.17. The Morgan fingerprint density at radius 1 is 0.964 bits per heavy atom. The van der Waals surface area contributed by atoms with Gasteiger partial charge in [0.25, 0.3) is 0 Å². The van der Waals surface area contributed by atoms with Crippen LogP contribution >= 0.6 is 0 Å². The van der Waals surface area contributed by atoms with Crippen molar-refractivity contribution >= 4 is 28.9 Å². The monoisotopic (exact) mass is 387 g/mol. The molecule has 1 saturated heterocycles. The summed E-state index contributed by atoms with van der Waals surface area (Å²) in [5, 5.41) is 4.71. The molecule has 2 aromatic rings. The second kappa shape index (κ2) is 8.82. The molecule has 0 aromatic heterocycles. The average Bonchev–Trinajstić information content (AvgIpc) is 2.66. The second-order valence-corrected chi connectivity index (χ2v) is 7.09. The Morgan fingerprint density at radius 2 is 1.54 bits per heavy atom. The van der Waals surface area contributed by atoms with Crippen LogP contribution in [0.5, 0.6) is 0 Å². The fourth-order valence-corrected chi connectivity index (χ4v) is 3.17. The molecule has 0 aliphatic carbocycles. The second-order valence-electron chi connectivity index (χ2n) is 7.09. The molecule has 1 aliphatic rings. The summed E-state index contributed by atoms with van der Waals surface area (Å²) in [7, 11) is 0. The van der Waals surface area contributed by atoms with E-state index in [2.05, 4.69) is 22.5 Å². The van der Waals surface area contributed by atoms with E-state index in [4.69, 9.17) is 0 Å². The van der Waals surface area contributed by atoms with Crippen LogP contribution in [0.4, 0.5) is 25.8 Å². The number of carbonyl (C=O) groups excluding carboxylic acids is 2. The van der Waals surface area contributed by atoms with Gasteiger partial charge >= 0.3 is 0 Å². The summed E-state index contributed by atoms with van der Waals surface area (Å²) < 4.78 is 27.1. The van der Waals surface area contributed by atoms with Crippen LogP contribution in [0.1, 0.15) is 26.2 Å². The standard InChI is InChI=1S/C21H23F2N3O2/c1-14-9-11-26(12-10-14)16-7-5-15(6-8-16)24-19(27)13-20(28)25-21-17(22)3-2-4-18(21)23/h2-8,14H,9-13H2,1H3,(H,24,27)(H,25,28). The molecule has 0 radical (unpaired) electrons. The van der Waals surface area contributed by atoms with Gasteiger partial charge in [-0.2, -0.15) is 0 Å². The van der Waals surface area contributed by atoms with Gasteiger partial charge in [0.1, 0.15) is 23.7 Å². The number of anilines is 3. The predicted octanol–water partition coefficient (Wildman–Crippen LogP) is 4.17. The first kappa shape index (κ1) is 19.8. The Bertz CT molecular complexity index is 827. The average molecular weight is 387 g/mol. The molecule has 0 spiro atoms. The Hall–Kier alpha value is -2.96. The molecule has 2 N–H and O–H groups in total. The first-order valence-electron chi connectivity index (χ1n) is 9.31. The lowest BCUT2D eigenvalue weighted by molar-refractivity contribution is -0.123. The van der Waals surface area contributed by atoms with Crippen LogP contribution in [0.2, 0.25) is 0 Å². The summed E-state index contributed by atoms with van der Waals surface area (Å²) in [6.07, 6.45) is 1.78. The molecule has 1 heterocycles. The van der Waals surface area contributed by atoms with Gasteiger partial charge in [-0.15, -0.1) is 0 Å². The van der Waals surface area contributed by atoms with Crippen LogP contribution in [-0.4, -0.2) is 24.9 Å². The molecule has 5 nitrogen and oxygen atoms in total. The van der Waals surface area contributed by atoms with E-state index < -0.39 is 35.6 Å². The quantitative estimate of drug-likeness (QED) is 0.757. The number of para-hydroxylation sites is 1. The van der Waals surface area contributed by atoms with Gasteiger partial charge < -0.3 is 15.5 Å². The van der Waals surface area contributed by atoms with Crippen molar-refractivity contribution < 1.29 is 18.4 Å². The smallest absolute Gasteiger partial charge is 0.233 e. The maximum Gasteiger partial charge on any atom is 0.233 e. The highest BCUT2D eigenvalue weighted by Crippen LogP contribution is 2.24. The third kappa shape index (κ3) is 5.06. The van der Waals surface area contributed by atoms with E-state index in [1.807, 2.05) is 12.1 Å². The molecule has 1 fully saturated rings. The predicted molar refractivity (Wildman–Crippen MR) is 105 cm³/mol. The minimum Gasteiger partial charge on any atom is -0.372 e. The number of benzene rings is 2. The minimum absolute atomic E-state index is 0.542. The number of amides is 2. The summed E-state index contributed by atoms with van der Waals surface area (Å²) in [4.78, 5) is 26.2. The number of carbonyl (C=O) groups is 2. The SMILES string of the molecule is CC1CCN(c2ccc(NC(=O)CC(=O)Nc3c(F)cccc3F)cc2)CC1. The van der Waals surface area contributed by atoms with Gasteiger partial charge in [-0.25, -0.2) is 8.78 Å². The van der Waals surface area contributed by atoms with E-state index in [0.29, 0.717) is 5.69 Å². The summed E-state index contributed by atoms with van der Waals surface area (Å²) in [6, 6.07) is 10.7. The van der Waals surface area contributed by atoms with Gasteiger partial charge in [-0.1, -0.05) is 13.0 Å². The highest BCUT2D eigenvalue weighted by atomic mass is 19.1. The Labute approximate surface area is 162 Å². The third-order valence-corrected chi connectivity index (χ3v) is 4.85. The Kier molecular flexibility index (Phi) is 6.23. The molecule has 0 atom stereocenters. The molecule has 148 valence electrons. The van der Waals surface area contributed by atoms with Crippen molar-refractivity contribution in [1.82, 2.24) is 0 Å². The van der Waals surface area contributed by atoms with E-state index in [-0.39, 0.29) is 0 Å². The van der Waals surface area contributed by atoms with Gasteiger partial charge in [-0.3, -0.25) is 9.59 Å². The lowest BCUT2D eigenvalue weighted by Crippen LogP contribution is -2.32. The Morgan fingerprint density at radius 3 is 2.14 bits per heavy atom. The van der Waals surface area contributed by atoms with Crippen molar-refractivity contribution in [2.75, 3.05) is 28.6 Å². The van der Waals surface area contributed by atoms with Crippen LogP contribution in [0.25, 0.3) is 0 Å². The molecular formula is C21H23F2N3O2. The van der Waals surface area contributed by atoms with Gasteiger partial charge in [-0.05, 0) is 55.2 Å². The number of nitrogens with one attached hydrogen (secondary N) is 2. The lowest BCUT2D eigenvalue weighted by Gasteiger charge is -2.32. The molecular weight excluding hydrogens is 364 g/mol.